The number of anilines is 1. The van der Waals surface area contributed by atoms with E-state index < -0.39 is 6.17 Å². The molecule has 5 heteroatoms. The first-order valence-corrected chi connectivity index (χ1v) is 5.45. The second-order valence-electron chi connectivity index (χ2n) is 3.96. The smallest absolute Gasteiger partial charge is 0.213 e. The molecule has 0 spiro atoms. The molecule has 88 valence electrons. The minimum absolute atomic E-state index is 0.526. The Kier molecular flexibility index (Phi) is 3.56. The van der Waals surface area contributed by atoms with Crippen molar-refractivity contribution >= 4 is 5.69 Å². The second-order valence-corrected chi connectivity index (χ2v) is 3.96. The van der Waals surface area contributed by atoms with Crippen LogP contribution in [0.25, 0.3) is 0 Å². The molecule has 0 bridgehead atoms. The van der Waals surface area contributed by atoms with E-state index in [4.69, 9.17) is 10.5 Å². The SMILES string of the molecule is Nc1ccc(OCCN2CCC(F)C2)nc1. The Hall–Kier alpha value is -1.36. The van der Waals surface area contributed by atoms with E-state index in [1.165, 1.54) is 0 Å². The molecule has 0 amide bonds. The first-order valence-electron chi connectivity index (χ1n) is 5.45. The highest BCUT2D eigenvalue weighted by molar-refractivity contribution is 5.35. The van der Waals surface area contributed by atoms with E-state index in [1.54, 1.807) is 18.3 Å². The summed E-state index contributed by atoms with van der Waals surface area (Å²) in [4.78, 5) is 6.08. The van der Waals surface area contributed by atoms with Crippen LogP contribution >= 0.6 is 0 Å². The molecule has 1 aromatic rings. The van der Waals surface area contributed by atoms with E-state index >= 15 is 0 Å². The zero-order chi connectivity index (χ0) is 11.4. The third kappa shape index (κ3) is 3.06. The topological polar surface area (TPSA) is 51.4 Å². The summed E-state index contributed by atoms with van der Waals surface area (Å²) >= 11 is 0. The van der Waals surface area contributed by atoms with Crippen molar-refractivity contribution in [2.75, 3.05) is 32.0 Å². The van der Waals surface area contributed by atoms with Crippen molar-refractivity contribution in [1.29, 1.82) is 0 Å². The highest BCUT2D eigenvalue weighted by Gasteiger charge is 2.20. The van der Waals surface area contributed by atoms with Crippen molar-refractivity contribution in [2.45, 2.75) is 12.6 Å². The fourth-order valence-corrected chi connectivity index (χ4v) is 1.74. The maximum Gasteiger partial charge on any atom is 0.213 e. The predicted molar refractivity (Wildman–Crippen MR) is 60.1 cm³/mol. The van der Waals surface area contributed by atoms with E-state index in [2.05, 4.69) is 9.88 Å². The van der Waals surface area contributed by atoms with Crippen molar-refractivity contribution in [3.05, 3.63) is 18.3 Å². The highest BCUT2D eigenvalue weighted by atomic mass is 19.1. The van der Waals surface area contributed by atoms with Gasteiger partial charge in [0.1, 0.15) is 12.8 Å². The van der Waals surface area contributed by atoms with Gasteiger partial charge < -0.3 is 10.5 Å². The monoisotopic (exact) mass is 225 g/mol. The van der Waals surface area contributed by atoms with Crippen LogP contribution in [0.1, 0.15) is 6.42 Å². The molecule has 1 aromatic heterocycles. The fourth-order valence-electron chi connectivity index (χ4n) is 1.74. The third-order valence-electron chi connectivity index (χ3n) is 2.63. The summed E-state index contributed by atoms with van der Waals surface area (Å²) in [7, 11) is 0. The van der Waals surface area contributed by atoms with Gasteiger partial charge in [-0.1, -0.05) is 0 Å². The maximum atomic E-state index is 12.9. The summed E-state index contributed by atoms with van der Waals surface area (Å²) in [5, 5.41) is 0. The second kappa shape index (κ2) is 5.12. The number of likely N-dealkylation sites (tertiary alicyclic amines) is 1. The summed E-state index contributed by atoms with van der Waals surface area (Å²) in [5.41, 5.74) is 6.12. The van der Waals surface area contributed by atoms with Crippen molar-refractivity contribution in [3.63, 3.8) is 0 Å². The Bertz CT molecular complexity index is 331. The van der Waals surface area contributed by atoms with Gasteiger partial charge in [0.05, 0.1) is 11.9 Å². The molecule has 1 atom stereocenters. The Morgan fingerprint density at radius 3 is 3.06 bits per heavy atom. The lowest BCUT2D eigenvalue weighted by Gasteiger charge is -2.14. The zero-order valence-electron chi connectivity index (χ0n) is 9.10. The fraction of sp³-hybridized carbons (Fsp3) is 0.545. The number of nitrogens with two attached hydrogens (primary N) is 1. The van der Waals surface area contributed by atoms with E-state index in [9.17, 15) is 4.39 Å². The van der Waals surface area contributed by atoms with Gasteiger partial charge in [0.2, 0.25) is 5.88 Å². The third-order valence-corrected chi connectivity index (χ3v) is 2.63. The maximum absolute atomic E-state index is 12.9. The Balaban J connectivity index is 1.70. The first kappa shape index (κ1) is 11.1. The molecule has 1 saturated heterocycles. The van der Waals surface area contributed by atoms with Gasteiger partial charge in [-0.2, -0.15) is 0 Å². The van der Waals surface area contributed by atoms with Crippen molar-refractivity contribution in [2.24, 2.45) is 0 Å². The van der Waals surface area contributed by atoms with E-state index in [-0.39, 0.29) is 0 Å². The van der Waals surface area contributed by atoms with Crippen LogP contribution in [0.3, 0.4) is 0 Å². The number of hydrogen-bond acceptors (Lipinski definition) is 4. The molecule has 0 aromatic carbocycles. The normalized spacial score (nSPS) is 21.2. The van der Waals surface area contributed by atoms with Crippen molar-refractivity contribution in [3.8, 4) is 5.88 Å². The number of ether oxygens (including phenoxy) is 1. The number of rotatable bonds is 4. The number of alkyl halides is 1. The summed E-state index contributed by atoms with van der Waals surface area (Å²) in [6, 6.07) is 3.48. The van der Waals surface area contributed by atoms with Gasteiger partial charge in [-0.3, -0.25) is 4.90 Å². The minimum Gasteiger partial charge on any atom is -0.476 e. The van der Waals surface area contributed by atoms with Crippen LogP contribution in [0, 0.1) is 0 Å². The van der Waals surface area contributed by atoms with Gasteiger partial charge in [0.15, 0.2) is 0 Å². The summed E-state index contributed by atoms with van der Waals surface area (Å²) in [6.45, 7) is 2.62. The first-order chi connectivity index (χ1) is 7.74. The number of nitrogen functional groups attached to an aromatic ring is 1. The summed E-state index contributed by atoms with van der Waals surface area (Å²) in [5.74, 6) is 0.560. The van der Waals surface area contributed by atoms with Crippen LogP contribution < -0.4 is 10.5 Å². The number of aromatic nitrogens is 1. The van der Waals surface area contributed by atoms with Gasteiger partial charge in [0.25, 0.3) is 0 Å². The summed E-state index contributed by atoms with van der Waals surface area (Å²) in [6.07, 6.45) is 1.53. The highest BCUT2D eigenvalue weighted by Crippen LogP contribution is 2.12. The number of hydrogen-bond donors (Lipinski definition) is 1. The van der Waals surface area contributed by atoms with Gasteiger partial charge in [0, 0.05) is 25.7 Å². The van der Waals surface area contributed by atoms with Gasteiger partial charge in [-0.05, 0) is 12.5 Å². The number of pyridine rings is 1. The van der Waals surface area contributed by atoms with Crippen molar-refractivity contribution in [1.82, 2.24) is 9.88 Å². The molecule has 0 aliphatic carbocycles. The lowest BCUT2D eigenvalue weighted by atomic mass is 10.3. The average molecular weight is 225 g/mol. The van der Waals surface area contributed by atoms with Gasteiger partial charge in [-0.15, -0.1) is 0 Å². The number of halogens is 1. The van der Waals surface area contributed by atoms with E-state index in [0.717, 1.165) is 13.1 Å². The standard InChI is InChI=1S/C11H16FN3O/c12-9-3-4-15(8-9)5-6-16-11-2-1-10(13)7-14-11/h1-2,7,9H,3-6,8,13H2. The molecule has 1 unspecified atom stereocenters. The van der Waals surface area contributed by atoms with Crippen LogP contribution in [-0.2, 0) is 0 Å². The minimum atomic E-state index is -0.672. The molecule has 2 heterocycles. The molecule has 1 fully saturated rings. The van der Waals surface area contributed by atoms with Crippen LogP contribution in [0.15, 0.2) is 18.3 Å². The van der Waals surface area contributed by atoms with E-state index in [0.29, 0.717) is 31.1 Å². The Labute approximate surface area is 94.2 Å². The lowest BCUT2D eigenvalue weighted by molar-refractivity contribution is 0.220. The molecule has 0 saturated carbocycles. The summed E-state index contributed by atoms with van der Waals surface area (Å²) < 4.78 is 18.3. The van der Waals surface area contributed by atoms with E-state index in [1.807, 2.05) is 0 Å². The Morgan fingerprint density at radius 1 is 1.56 bits per heavy atom. The molecule has 16 heavy (non-hydrogen) atoms. The van der Waals surface area contributed by atoms with Crippen LogP contribution in [-0.4, -0.2) is 42.3 Å². The van der Waals surface area contributed by atoms with Crippen LogP contribution in [0.2, 0.25) is 0 Å². The lowest BCUT2D eigenvalue weighted by Crippen LogP contribution is -2.26. The van der Waals surface area contributed by atoms with Crippen LogP contribution in [0.4, 0.5) is 10.1 Å². The average Bonchev–Trinajstić information content (AvgIpc) is 2.67. The van der Waals surface area contributed by atoms with Crippen molar-refractivity contribution < 1.29 is 9.13 Å². The van der Waals surface area contributed by atoms with Gasteiger partial charge >= 0.3 is 0 Å². The van der Waals surface area contributed by atoms with Crippen LogP contribution in [0.5, 0.6) is 5.88 Å². The molecule has 2 rings (SSSR count). The molecule has 1 aliphatic rings. The zero-order valence-corrected chi connectivity index (χ0v) is 9.10. The quantitative estimate of drug-likeness (QED) is 0.833. The molecular formula is C11H16FN3O. The molecule has 0 radical (unpaired) electrons. The largest absolute Gasteiger partial charge is 0.476 e. The molecule has 4 nitrogen and oxygen atoms in total. The predicted octanol–water partition coefficient (Wildman–Crippen LogP) is 1.09. The molecule has 2 N–H and O–H groups in total. The molecule has 1 aliphatic heterocycles. The molecular weight excluding hydrogens is 209 g/mol. The number of nitrogens with zero attached hydrogens (tertiary/aromatic N) is 2. The Morgan fingerprint density at radius 2 is 2.44 bits per heavy atom. The van der Waals surface area contributed by atoms with Gasteiger partial charge in [-0.25, -0.2) is 9.37 Å².